The van der Waals surface area contributed by atoms with Crippen LogP contribution in [0.25, 0.3) is 10.9 Å². The minimum atomic E-state index is 0.00670. The molecule has 2 heterocycles. The van der Waals surface area contributed by atoms with Gasteiger partial charge in [0.05, 0.1) is 12.1 Å². The minimum absolute atomic E-state index is 0.00670. The molecule has 1 N–H and O–H groups in total. The van der Waals surface area contributed by atoms with Gasteiger partial charge >= 0.3 is 0 Å². The highest BCUT2D eigenvalue weighted by atomic mass is 16.1. The van der Waals surface area contributed by atoms with E-state index in [1.807, 2.05) is 12.1 Å². The first-order chi connectivity index (χ1) is 16.0. The fourth-order valence-corrected chi connectivity index (χ4v) is 6.01. The third kappa shape index (κ3) is 4.47. The lowest BCUT2D eigenvalue weighted by Crippen LogP contribution is -2.41. The molecule has 33 heavy (non-hydrogen) atoms. The molecule has 7 heteroatoms. The van der Waals surface area contributed by atoms with Gasteiger partial charge in [0.2, 0.25) is 0 Å². The summed E-state index contributed by atoms with van der Waals surface area (Å²) in [4.78, 5) is 18.8. The van der Waals surface area contributed by atoms with Crippen LogP contribution < -0.4 is 5.56 Å². The van der Waals surface area contributed by atoms with Crippen LogP contribution in [0.3, 0.4) is 0 Å². The zero-order chi connectivity index (χ0) is 22.9. The molecule has 1 aromatic carbocycles. The summed E-state index contributed by atoms with van der Waals surface area (Å²) in [6.07, 6.45) is 9.60. The lowest BCUT2D eigenvalue weighted by atomic mass is 9.97. The van der Waals surface area contributed by atoms with Crippen molar-refractivity contribution in [1.82, 2.24) is 30.1 Å². The van der Waals surface area contributed by atoms with Gasteiger partial charge in [-0.15, -0.1) is 5.10 Å². The van der Waals surface area contributed by atoms with Crippen molar-refractivity contribution in [3.63, 3.8) is 0 Å². The Balaban J connectivity index is 1.55. The second-order valence-corrected chi connectivity index (χ2v) is 10.4. The second kappa shape index (κ2) is 9.37. The standard InChI is InChI=1S/C26H36N6O/c1-17(2)24(25-28-29-30-32(25)22-10-6-7-11-22)31(21-8-4-5-9-21)16-20-15-19-14-18(3)12-13-23(19)27-26(20)33/h12-15,17,21-22,24H,4-11,16H2,1-3H3,(H,27,33). The molecular weight excluding hydrogens is 412 g/mol. The smallest absolute Gasteiger partial charge is 0.252 e. The number of benzene rings is 1. The number of aryl methyl sites for hydroxylation is 1. The van der Waals surface area contributed by atoms with Gasteiger partial charge in [-0.25, -0.2) is 4.68 Å². The molecular formula is C26H36N6O. The number of aromatic nitrogens is 5. The van der Waals surface area contributed by atoms with Gasteiger partial charge in [-0.05, 0) is 72.5 Å². The summed E-state index contributed by atoms with van der Waals surface area (Å²) in [7, 11) is 0. The van der Waals surface area contributed by atoms with E-state index >= 15 is 0 Å². The topological polar surface area (TPSA) is 79.7 Å². The molecule has 0 radical (unpaired) electrons. The summed E-state index contributed by atoms with van der Waals surface area (Å²) in [6, 6.07) is 9.19. The molecule has 0 aliphatic heterocycles. The first-order valence-corrected chi connectivity index (χ1v) is 12.7. The Morgan fingerprint density at radius 3 is 2.55 bits per heavy atom. The Bertz CT molecular complexity index is 1150. The summed E-state index contributed by atoms with van der Waals surface area (Å²) in [5.74, 6) is 1.30. The zero-order valence-electron chi connectivity index (χ0n) is 20.1. The van der Waals surface area contributed by atoms with Crippen LogP contribution in [0.1, 0.15) is 94.2 Å². The molecule has 176 valence electrons. The highest BCUT2D eigenvalue weighted by molar-refractivity contribution is 5.79. The van der Waals surface area contributed by atoms with Crippen LogP contribution >= 0.6 is 0 Å². The normalized spacial score (nSPS) is 18.8. The van der Waals surface area contributed by atoms with Crippen LogP contribution in [0.15, 0.2) is 29.1 Å². The number of H-pyrrole nitrogens is 1. The molecule has 1 atom stereocenters. The minimum Gasteiger partial charge on any atom is -0.322 e. The van der Waals surface area contributed by atoms with Gasteiger partial charge in [-0.3, -0.25) is 9.69 Å². The van der Waals surface area contributed by atoms with E-state index in [9.17, 15) is 4.79 Å². The van der Waals surface area contributed by atoms with E-state index in [-0.39, 0.29) is 11.6 Å². The van der Waals surface area contributed by atoms with Gasteiger partial charge in [0.1, 0.15) is 0 Å². The van der Waals surface area contributed by atoms with Crippen LogP contribution in [0.2, 0.25) is 0 Å². The molecule has 0 amide bonds. The Kier molecular flexibility index (Phi) is 6.32. The number of fused-ring (bicyclic) bond motifs is 1. The van der Waals surface area contributed by atoms with Crippen molar-refractivity contribution >= 4 is 10.9 Å². The van der Waals surface area contributed by atoms with Crippen LogP contribution in [0.4, 0.5) is 0 Å². The molecule has 2 fully saturated rings. The number of aromatic amines is 1. The van der Waals surface area contributed by atoms with Gasteiger partial charge in [-0.1, -0.05) is 51.2 Å². The highest BCUT2D eigenvalue weighted by Gasteiger charge is 2.36. The molecule has 5 rings (SSSR count). The van der Waals surface area contributed by atoms with Crippen molar-refractivity contribution in [2.24, 2.45) is 5.92 Å². The number of tetrazole rings is 1. The Morgan fingerprint density at radius 1 is 1.09 bits per heavy atom. The third-order valence-corrected chi connectivity index (χ3v) is 7.67. The molecule has 3 aromatic rings. The second-order valence-electron chi connectivity index (χ2n) is 10.4. The molecule has 2 saturated carbocycles. The lowest BCUT2D eigenvalue weighted by molar-refractivity contribution is 0.0826. The fraction of sp³-hybridized carbons (Fsp3) is 0.615. The summed E-state index contributed by atoms with van der Waals surface area (Å²) < 4.78 is 2.10. The van der Waals surface area contributed by atoms with E-state index in [1.54, 1.807) is 0 Å². The zero-order valence-corrected chi connectivity index (χ0v) is 20.1. The Labute approximate surface area is 195 Å². The molecule has 0 saturated heterocycles. The van der Waals surface area contributed by atoms with Gasteiger partial charge in [-0.2, -0.15) is 0 Å². The van der Waals surface area contributed by atoms with E-state index in [0.29, 0.717) is 24.5 Å². The molecule has 0 spiro atoms. The summed E-state index contributed by atoms with van der Waals surface area (Å²) in [6.45, 7) is 7.22. The third-order valence-electron chi connectivity index (χ3n) is 7.67. The molecule has 7 nitrogen and oxygen atoms in total. The van der Waals surface area contributed by atoms with Crippen LogP contribution in [-0.2, 0) is 6.54 Å². The van der Waals surface area contributed by atoms with E-state index in [0.717, 1.165) is 35.1 Å². The predicted molar refractivity (Wildman–Crippen MR) is 130 cm³/mol. The number of nitrogens with zero attached hydrogens (tertiary/aromatic N) is 5. The summed E-state index contributed by atoms with van der Waals surface area (Å²) >= 11 is 0. The SMILES string of the molecule is Cc1ccc2[nH]c(=O)c(CN(C3CCCC3)C(c3nnnn3C3CCCC3)C(C)C)cc2c1. The lowest BCUT2D eigenvalue weighted by Gasteiger charge is -2.38. The highest BCUT2D eigenvalue weighted by Crippen LogP contribution is 2.38. The van der Waals surface area contributed by atoms with Gasteiger partial charge < -0.3 is 4.98 Å². The molecule has 2 aromatic heterocycles. The molecule has 1 unspecified atom stereocenters. The van der Waals surface area contributed by atoms with Crippen molar-refractivity contribution in [2.45, 2.75) is 96.8 Å². The summed E-state index contributed by atoms with van der Waals surface area (Å²) in [5, 5.41) is 14.2. The number of pyridine rings is 1. The van der Waals surface area contributed by atoms with Crippen LogP contribution in [0.5, 0.6) is 0 Å². The van der Waals surface area contributed by atoms with Crippen molar-refractivity contribution in [2.75, 3.05) is 0 Å². The van der Waals surface area contributed by atoms with E-state index in [4.69, 9.17) is 0 Å². The number of rotatable bonds is 7. The maximum absolute atomic E-state index is 13.1. The quantitative estimate of drug-likeness (QED) is 0.545. The summed E-state index contributed by atoms with van der Waals surface area (Å²) in [5.41, 5.74) is 2.93. The average molecular weight is 449 g/mol. The van der Waals surface area contributed by atoms with Gasteiger partial charge in [0.25, 0.3) is 5.56 Å². The monoisotopic (exact) mass is 448 g/mol. The van der Waals surface area contributed by atoms with E-state index in [2.05, 4.69) is 63.0 Å². The van der Waals surface area contributed by atoms with Crippen LogP contribution in [-0.4, -0.2) is 36.1 Å². The van der Waals surface area contributed by atoms with E-state index < -0.39 is 0 Å². The first-order valence-electron chi connectivity index (χ1n) is 12.7. The van der Waals surface area contributed by atoms with Crippen LogP contribution in [0, 0.1) is 12.8 Å². The Morgan fingerprint density at radius 2 is 1.82 bits per heavy atom. The number of hydrogen-bond acceptors (Lipinski definition) is 5. The van der Waals surface area contributed by atoms with Crippen molar-refractivity contribution < 1.29 is 0 Å². The number of hydrogen-bond donors (Lipinski definition) is 1. The molecule has 0 bridgehead atoms. The predicted octanol–water partition coefficient (Wildman–Crippen LogP) is 5.08. The Hall–Kier alpha value is -2.54. The van der Waals surface area contributed by atoms with Crippen molar-refractivity contribution in [1.29, 1.82) is 0 Å². The maximum atomic E-state index is 13.1. The van der Waals surface area contributed by atoms with Gasteiger partial charge in [0.15, 0.2) is 5.82 Å². The number of nitrogens with one attached hydrogen (secondary N) is 1. The molecule has 2 aliphatic carbocycles. The van der Waals surface area contributed by atoms with Crippen molar-refractivity contribution in [3.05, 3.63) is 51.6 Å². The maximum Gasteiger partial charge on any atom is 0.252 e. The largest absolute Gasteiger partial charge is 0.322 e. The first kappa shape index (κ1) is 22.3. The average Bonchev–Trinajstić information content (AvgIpc) is 3.55. The van der Waals surface area contributed by atoms with Gasteiger partial charge in [0, 0.05) is 23.7 Å². The molecule has 2 aliphatic rings. The van der Waals surface area contributed by atoms with Crippen molar-refractivity contribution in [3.8, 4) is 0 Å². The fourth-order valence-electron chi connectivity index (χ4n) is 6.01. The van der Waals surface area contributed by atoms with E-state index in [1.165, 1.54) is 44.1 Å².